The second-order valence-electron chi connectivity index (χ2n) is 7.69. The van der Waals surface area contributed by atoms with E-state index in [9.17, 15) is 14.4 Å². The molecule has 2 aliphatic rings. The van der Waals surface area contributed by atoms with Crippen molar-refractivity contribution in [3.8, 4) is 5.82 Å². The second kappa shape index (κ2) is 7.88. The zero-order valence-corrected chi connectivity index (χ0v) is 17.5. The van der Waals surface area contributed by atoms with E-state index in [2.05, 4.69) is 20.0 Å². The Kier molecular flexibility index (Phi) is 4.89. The van der Waals surface area contributed by atoms with Gasteiger partial charge in [-0.05, 0) is 25.1 Å². The molecule has 1 fully saturated rings. The SMILES string of the molecule is Cc1nc(N2CCN(C(=O)CN3C(=O)c4ccccc4C3=O)CC2)cc(-n2cccn2)n1. The van der Waals surface area contributed by atoms with Gasteiger partial charge in [-0.15, -0.1) is 0 Å². The number of carbonyl (C=O) groups excluding carboxylic acids is 3. The molecular weight excluding hydrogens is 410 g/mol. The third-order valence-electron chi connectivity index (χ3n) is 5.68. The highest BCUT2D eigenvalue weighted by Gasteiger charge is 2.37. The summed E-state index contributed by atoms with van der Waals surface area (Å²) in [7, 11) is 0. The smallest absolute Gasteiger partial charge is 0.262 e. The molecule has 32 heavy (non-hydrogen) atoms. The van der Waals surface area contributed by atoms with Crippen LogP contribution in [-0.4, -0.2) is 80.0 Å². The van der Waals surface area contributed by atoms with E-state index in [4.69, 9.17) is 0 Å². The molecule has 3 aromatic rings. The van der Waals surface area contributed by atoms with Crippen LogP contribution < -0.4 is 4.90 Å². The number of fused-ring (bicyclic) bond motifs is 1. The van der Waals surface area contributed by atoms with Crippen LogP contribution in [0.2, 0.25) is 0 Å². The van der Waals surface area contributed by atoms with E-state index in [1.807, 2.05) is 25.3 Å². The molecule has 10 heteroatoms. The fourth-order valence-electron chi connectivity index (χ4n) is 4.02. The summed E-state index contributed by atoms with van der Waals surface area (Å²) in [4.78, 5) is 51.7. The van der Waals surface area contributed by atoms with E-state index in [0.717, 1.165) is 10.7 Å². The molecule has 3 amide bonds. The van der Waals surface area contributed by atoms with E-state index in [1.54, 1.807) is 40.0 Å². The molecule has 2 aromatic heterocycles. The predicted octanol–water partition coefficient (Wildman–Crippen LogP) is 0.916. The first kappa shape index (κ1) is 19.9. The molecule has 0 radical (unpaired) electrons. The van der Waals surface area contributed by atoms with Gasteiger partial charge in [0.05, 0.1) is 11.1 Å². The standard InChI is InChI=1S/C22H21N7O3/c1-15-24-18(13-19(25-15)29-8-4-7-23-29)26-9-11-27(12-10-26)20(30)14-28-21(31)16-5-2-3-6-17(16)22(28)32/h2-8,13H,9-12,14H2,1H3. The molecule has 1 aromatic carbocycles. The number of amides is 3. The molecule has 1 saturated heterocycles. The highest BCUT2D eigenvalue weighted by atomic mass is 16.2. The Balaban J connectivity index is 1.23. The maximum Gasteiger partial charge on any atom is 0.262 e. The number of aromatic nitrogens is 4. The van der Waals surface area contributed by atoms with Crippen molar-refractivity contribution in [1.29, 1.82) is 0 Å². The van der Waals surface area contributed by atoms with Crippen LogP contribution in [0.1, 0.15) is 26.5 Å². The number of aryl methyl sites for hydroxylation is 1. The molecule has 0 spiro atoms. The lowest BCUT2D eigenvalue weighted by atomic mass is 10.1. The van der Waals surface area contributed by atoms with Crippen molar-refractivity contribution in [1.82, 2.24) is 29.5 Å². The molecule has 5 rings (SSSR count). The van der Waals surface area contributed by atoms with Crippen molar-refractivity contribution < 1.29 is 14.4 Å². The Bertz CT molecular complexity index is 1160. The molecule has 0 aliphatic carbocycles. The van der Waals surface area contributed by atoms with Crippen LogP contribution in [0, 0.1) is 6.92 Å². The zero-order valence-electron chi connectivity index (χ0n) is 17.5. The van der Waals surface area contributed by atoms with E-state index in [1.165, 1.54) is 0 Å². The van der Waals surface area contributed by atoms with Crippen LogP contribution in [0.5, 0.6) is 0 Å². The van der Waals surface area contributed by atoms with Gasteiger partial charge in [0.1, 0.15) is 18.2 Å². The molecule has 0 unspecified atom stereocenters. The number of carbonyl (C=O) groups is 3. The van der Waals surface area contributed by atoms with Gasteiger partial charge in [-0.3, -0.25) is 19.3 Å². The van der Waals surface area contributed by atoms with Gasteiger partial charge in [-0.25, -0.2) is 14.6 Å². The second-order valence-corrected chi connectivity index (χ2v) is 7.69. The van der Waals surface area contributed by atoms with Gasteiger partial charge < -0.3 is 9.80 Å². The fourth-order valence-corrected chi connectivity index (χ4v) is 4.02. The number of benzene rings is 1. The summed E-state index contributed by atoms with van der Waals surface area (Å²) in [6.45, 7) is 3.71. The number of imide groups is 1. The first-order valence-corrected chi connectivity index (χ1v) is 10.3. The van der Waals surface area contributed by atoms with Gasteiger partial charge in [-0.1, -0.05) is 12.1 Å². The number of hydrogen-bond acceptors (Lipinski definition) is 7. The molecule has 10 nitrogen and oxygen atoms in total. The van der Waals surface area contributed by atoms with Crippen LogP contribution in [0.3, 0.4) is 0 Å². The monoisotopic (exact) mass is 431 g/mol. The van der Waals surface area contributed by atoms with Crippen molar-refractivity contribution >= 4 is 23.5 Å². The average molecular weight is 431 g/mol. The Hall–Kier alpha value is -4.08. The Morgan fingerprint density at radius 1 is 0.938 bits per heavy atom. The maximum atomic E-state index is 12.8. The van der Waals surface area contributed by atoms with Crippen LogP contribution in [0.4, 0.5) is 5.82 Å². The summed E-state index contributed by atoms with van der Waals surface area (Å²) in [5, 5.41) is 4.22. The number of piperazine rings is 1. The maximum absolute atomic E-state index is 12.8. The summed E-state index contributed by atoms with van der Waals surface area (Å²) in [6, 6.07) is 10.3. The highest BCUT2D eigenvalue weighted by Crippen LogP contribution is 2.23. The van der Waals surface area contributed by atoms with Crippen molar-refractivity contribution in [2.75, 3.05) is 37.6 Å². The lowest BCUT2D eigenvalue weighted by Crippen LogP contribution is -2.52. The Labute approximate surface area is 184 Å². The number of hydrogen-bond donors (Lipinski definition) is 0. The molecule has 0 N–H and O–H groups in total. The highest BCUT2D eigenvalue weighted by molar-refractivity contribution is 6.22. The van der Waals surface area contributed by atoms with E-state index < -0.39 is 11.8 Å². The van der Waals surface area contributed by atoms with Crippen LogP contribution >= 0.6 is 0 Å². The first-order chi connectivity index (χ1) is 15.5. The van der Waals surface area contributed by atoms with Crippen molar-refractivity contribution in [2.24, 2.45) is 0 Å². The molecule has 2 aliphatic heterocycles. The van der Waals surface area contributed by atoms with Crippen LogP contribution in [-0.2, 0) is 4.79 Å². The van der Waals surface area contributed by atoms with Gasteiger partial charge in [0.15, 0.2) is 5.82 Å². The average Bonchev–Trinajstić information content (AvgIpc) is 3.43. The Morgan fingerprint density at radius 3 is 2.22 bits per heavy atom. The third kappa shape index (κ3) is 3.49. The van der Waals surface area contributed by atoms with Gasteiger partial charge >= 0.3 is 0 Å². The topological polar surface area (TPSA) is 105 Å². The normalized spacial score (nSPS) is 16.0. The number of anilines is 1. The van der Waals surface area contributed by atoms with Crippen molar-refractivity contribution in [2.45, 2.75) is 6.92 Å². The quantitative estimate of drug-likeness (QED) is 0.566. The molecule has 0 bridgehead atoms. The summed E-state index contributed by atoms with van der Waals surface area (Å²) in [5.41, 5.74) is 0.699. The summed E-state index contributed by atoms with van der Waals surface area (Å²) < 4.78 is 1.68. The molecule has 162 valence electrons. The van der Waals surface area contributed by atoms with Crippen molar-refractivity contribution in [3.63, 3.8) is 0 Å². The van der Waals surface area contributed by atoms with E-state index in [-0.39, 0.29) is 12.5 Å². The fraction of sp³-hybridized carbons (Fsp3) is 0.273. The van der Waals surface area contributed by atoms with Crippen LogP contribution in [0.25, 0.3) is 5.82 Å². The number of rotatable bonds is 4. The van der Waals surface area contributed by atoms with E-state index >= 15 is 0 Å². The van der Waals surface area contributed by atoms with Crippen LogP contribution in [0.15, 0.2) is 48.8 Å². The number of nitrogens with zero attached hydrogens (tertiary/aromatic N) is 7. The van der Waals surface area contributed by atoms with Gasteiger partial charge in [-0.2, -0.15) is 5.10 Å². The molecular formula is C22H21N7O3. The van der Waals surface area contributed by atoms with Crippen molar-refractivity contribution in [3.05, 3.63) is 65.7 Å². The minimum atomic E-state index is -0.416. The summed E-state index contributed by atoms with van der Waals surface area (Å²) in [6.07, 6.45) is 3.51. The Morgan fingerprint density at radius 2 is 1.59 bits per heavy atom. The lowest BCUT2D eigenvalue weighted by Gasteiger charge is -2.36. The summed E-state index contributed by atoms with van der Waals surface area (Å²) >= 11 is 0. The van der Waals surface area contributed by atoms with E-state index in [0.29, 0.717) is 48.9 Å². The van der Waals surface area contributed by atoms with Gasteiger partial charge in [0, 0.05) is 44.6 Å². The third-order valence-corrected chi connectivity index (χ3v) is 5.68. The molecule has 0 saturated carbocycles. The summed E-state index contributed by atoms with van der Waals surface area (Å²) in [5.74, 6) is 1.02. The molecule has 0 atom stereocenters. The minimum Gasteiger partial charge on any atom is -0.353 e. The predicted molar refractivity (Wildman–Crippen MR) is 114 cm³/mol. The van der Waals surface area contributed by atoms with Gasteiger partial charge in [0.25, 0.3) is 11.8 Å². The first-order valence-electron chi connectivity index (χ1n) is 10.3. The van der Waals surface area contributed by atoms with Gasteiger partial charge in [0.2, 0.25) is 5.91 Å². The lowest BCUT2D eigenvalue weighted by molar-refractivity contribution is -0.131. The minimum absolute atomic E-state index is 0.241. The largest absolute Gasteiger partial charge is 0.353 e. The zero-order chi connectivity index (χ0) is 22.2. The molecule has 4 heterocycles.